The van der Waals surface area contributed by atoms with E-state index in [1.807, 2.05) is 36.4 Å². The molecule has 180 valence electrons. The number of amides is 2. The van der Waals surface area contributed by atoms with Crippen LogP contribution < -0.4 is 10.6 Å². The van der Waals surface area contributed by atoms with Crippen molar-refractivity contribution in [2.45, 2.75) is 31.8 Å². The Balaban J connectivity index is 1.72. The van der Waals surface area contributed by atoms with Crippen LogP contribution in [0, 0.1) is 0 Å². The quantitative estimate of drug-likeness (QED) is 0.349. The van der Waals surface area contributed by atoms with Crippen LogP contribution in [0.15, 0.2) is 84.9 Å². The predicted octanol–water partition coefficient (Wildman–Crippen LogP) is 2.87. The van der Waals surface area contributed by atoms with Gasteiger partial charge in [0, 0.05) is 30.9 Å². The Bertz CT molecular complexity index is 1160. The number of nitrogens with one attached hydrogen (secondary N) is 2. The summed E-state index contributed by atoms with van der Waals surface area (Å²) in [6.45, 7) is 1.33. The first-order chi connectivity index (χ1) is 16.9. The van der Waals surface area contributed by atoms with Gasteiger partial charge in [0.2, 0.25) is 11.8 Å². The zero-order chi connectivity index (χ0) is 25.2. The zero-order valence-electron chi connectivity index (χ0n) is 19.7. The summed E-state index contributed by atoms with van der Waals surface area (Å²) in [5.41, 5.74) is 2.72. The largest absolute Gasteiger partial charge is 0.467 e. The summed E-state index contributed by atoms with van der Waals surface area (Å²) < 4.78 is 4.89. The lowest BCUT2D eigenvalue weighted by Gasteiger charge is -2.22. The lowest BCUT2D eigenvalue weighted by molar-refractivity contribution is -0.145. The van der Waals surface area contributed by atoms with Crippen LogP contribution in [-0.2, 0) is 32.0 Å². The van der Waals surface area contributed by atoms with Crippen LogP contribution in [0.2, 0.25) is 0 Å². The van der Waals surface area contributed by atoms with Gasteiger partial charge in [-0.05, 0) is 11.1 Å². The number of esters is 1. The van der Waals surface area contributed by atoms with E-state index in [1.54, 1.807) is 48.5 Å². The Morgan fingerprint density at radius 2 is 1.20 bits per heavy atom. The van der Waals surface area contributed by atoms with Gasteiger partial charge in [-0.15, -0.1) is 0 Å². The Morgan fingerprint density at radius 3 is 1.77 bits per heavy atom. The maximum Gasteiger partial charge on any atom is 0.328 e. The van der Waals surface area contributed by atoms with Crippen molar-refractivity contribution >= 4 is 23.6 Å². The van der Waals surface area contributed by atoms with Gasteiger partial charge in [0.25, 0.3) is 0 Å². The Morgan fingerprint density at radius 1 is 0.686 bits per heavy atom. The van der Waals surface area contributed by atoms with Crippen molar-refractivity contribution in [3.05, 3.63) is 107 Å². The number of methoxy groups -OCH3 is 1. The maximum absolute atomic E-state index is 13.0. The molecule has 0 aliphatic carbocycles. The van der Waals surface area contributed by atoms with E-state index in [1.165, 1.54) is 14.0 Å². The number of rotatable bonds is 10. The smallest absolute Gasteiger partial charge is 0.328 e. The van der Waals surface area contributed by atoms with Crippen LogP contribution in [0.5, 0.6) is 0 Å². The summed E-state index contributed by atoms with van der Waals surface area (Å²) >= 11 is 0. The first kappa shape index (κ1) is 25.4. The molecule has 0 bridgehead atoms. The minimum absolute atomic E-state index is 0.103. The van der Waals surface area contributed by atoms with Crippen LogP contribution in [-0.4, -0.2) is 42.8 Å². The molecule has 0 aliphatic heterocycles. The van der Waals surface area contributed by atoms with Crippen molar-refractivity contribution < 1.29 is 23.9 Å². The number of hydrogen-bond donors (Lipinski definition) is 2. The molecule has 0 fully saturated rings. The lowest BCUT2D eigenvalue weighted by Crippen LogP contribution is -2.53. The molecule has 0 heterocycles. The van der Waals surface area contributed by atoms with Crippen molar-refractivity contribution in [2.75, 3.05) is 7.11 Å². The van der Waals surface area contributed by atoms with Gasteiger partial charge in [-0.1, -0.05) is 84.9 Å². The molecule has 0 saturated carbocycles. The fourth-order valence-corrected chi connectivity index (χ4v) is 3.70. The standard InChI is InChI=1S/C28H28N2O5/c1-19(31)29-24(17-20-9-5-3-6-10-20)27(33)30-25(28(34)35-2)18-21-13-15-23(16-14-21)26(32)22-11-7-4-8-12-22/h3-16,24-25H,17-18H2,1-2H3,(H,29,31)(H,30,33)/t24-,25+/m0/s1. The first-order valence-electron chi connectivity index (χ1n) is 11.2. The van der Waals surface area contributed by atoms with E-state index in [-0.39, 0.29) is 24.5 Å². The third kappa shape index (κ3) is 7.37. The summed E-state index contributed by atoms with van der Waals surface area (Å²) in [5, 5.41) is 5.36. The molecule has 0 aromatic heterocycles. The predicted molar refractivity (Wildman–Crippen MR) is 132 cm³/mol. The van der Waals surface area contributed by atoms with Crippen LogP contribution in [0.25, 0.3) is 0 Å². The Labute approximate surface area is 204 Å². The van der Waals surface area contributed by atoms with E-state index in [4.69, 9.17) is 4.74 Å². The van der Waals surface area contributed by atoms with Gasteiger partial charge >= 0.3 is 5.97 Å². The van der Waals surface area contributed by atoms with E-state index in [9.17, 15) is 19.2 Å². The van der Waals surface area contributed by atoms with E-state index in [0.717, 1.165) is 11.1 Å². The highest BCUT2D eigenvalue weighted by Crippen LogP contribution is 2.13. The second-order valence-electron chi connectivity index (χ2n) is 8.12. The number of benzene rings is 3. The molecule has 3 aromatic carbocycles. The third-order valence-electron chi connectivity index (χ3n) is 5.47. The molecule has 0 unspecified atom stereocenters. The average Bonchev–Trinajstić information content (AvgIpc) is 2.88. The number of carbonyl (C=O) groups excluding carboxylic acids is 4. The maximum atomic E-state index is 13.0. The van der Waals surface area contributed by atoms with Crippen LogP contribution in [0.1, 0.15) is 34.0 Å². The first-order valence-corrected chi connectivity index (χ1v) is 11.2. The van der Waals surface area contributed by atoms with Gasteiger partial charge in [-0.2, -0.15) is 0 Å². The van der Waals surface area contributed by atoms with Gasteiger partial charge in [0.05, 0.1) is 7.11 Å². The molecule has 0 aliphatic rings. The van der Waals surface area contributed by atoms with Crippen molar-refractivity contribution in [1.29, 1.82) is 0 Å². The lowest BCUT2D eigenvalue weighted by atomic mass is 9.99. The van der Waals surface area contributed by atoms with Gasteiger partial charge in [-0.3, -0.25) is 14.4 Å². The summed E-state index contributed by atoms with van der Waals surface area (Å²) in [7, 11) is 1.25. The summed E-state index contributed by atoms with van der Waals surface area (Å²) in [5.74, 6) is -1.55. The molecular weight excluding hydrogens is 444 g/mol. The number of ketones is 1. The molecule has 0 saturated heterocycles. The summed E-state index contributed by atoms with van der Waals surface area (Å²) in [4.78, 5) is 49.8. The summed E-state index contributed by atoms with van der Waals surface area (Å²) in [6.07, 6.45) is 0.437. The van der Waals surface area contributed by atoms with Crippen LogP contribution >= 0.6 is 0 Å². The van der Waals surface area contributed by atoms with Gasteiger partial charge in [0.15, 0.2) is 5.78 Å². The Hall–Kier alpha value is -4.26. The summed E-state index contributed by atoms with van der Waals surface area (Å²) in [6, 6.07) is 23.3. The highest BCUT2D eigenvalue weighted by atomic mass is 16.5. The topological polar surface area (TPSA) is 102 Å². The second-order valence-corrected chi connectivity index (χ2v) is 8.12. The molecule has 7 nitrogen and oxygen atoms in total. The molecule has 2 amide bonds. The normalized spacial score (nSPS) is 12.2. The minimum Gasteiger partial charge on any atom is -0.467 e. The van der Waals surface area contributed by atoms with Crippen molar-refractivity contribution in [1.82, 2.24) is 10.6 Å². The third-order valence-corrected chi connectivity index (χ3v) is 5.47. The highest BCUT2D eigenvalue weighted by Gasteiger charge is 2.27. The molecule has 35 heavy (non-hydrogen) atoms. The van der Waals surface area contributed by atoms with Crippen molar-refractivity contribution in [2.24, 2.45) is 0 Å². The fraction of sp³-hybridized carbons (Fsp3) is 0.214. The molecule has 3 rings (SSSR count). The van der Waals surface area contributed by atoms with Crippen molar-refractivity contribution in [3.63, 3.8) is 0 Å². The van der Waals surface area contributed by atoms with Gasteiger partial charge in [-0.25, -0.2) is 4.79 Å². The molecular formula is C28H28N2O5. The molecule has 0 spiro atoms. The second kappa shape index (κ2) is 12.3. The van der Waals surface area contributed by atoms with E-state index >= 15 is 0 Å². The van der Waals surface area contributed by atoms with Crippen LogP contribution in [0.3, 0.4) is 0 Å². The van der Waals surface area contributed by atoms with Crippen molar-refractivity contribution in [3.8, 4) is 0 Å². The Kier molecular flexibility index (Phi) is 8.89. The molecule has 2 N–H and O–H groups in total. The number of ether oxygens (including phenoxy) is 1. The fourth-order valence-electron chi connectivity index (χ4n) is 3.70. The van der Waals surface area contributed by atoms with E-state index < -0.39 is 24.0 Å². The number of carbonyl (C=O) groups is 4. The SMILES string of the molecule is COC(=O)[C@@H](Cc1ccc(C(=O)c2ccccc2)cc1)NC(=O)[C@H](Cc1ccccc1)NC(C)=O. The zero-order valence-corrected chi connectivity index (χ0v) is 19.7. The van der Waals surface area contributed by atoms with Gasteiger partial charge in [0.1, 0.15) is 12.1 Å². The van der Waals surface area contributed by atoms with Gasteiger partial charge < -0.3 is 15.4 Å². The molecule has 2 atom stereocenters. The molecule has 0 radical (unpaired) electrons. The average molecular weight is 473 g/mol. The monoisotopic (exact) mass is 472 g/mol. The number of hydrogen-bond acceptors (Lipinski definition) is 5. The van der Waals surface area contributed by atoms with Crippen LogP contribution in [0.4, 0.5) is 0 Å². The molecule has 7 heteroatoms. The van der Waals surface area contributed by atoms with E-state index in [0.29, 0.717) is 11.1 Å². The molecule has 3 aromatic rings. The minimum atomic E-state index is -0.963. The van der Waals surface area contributed by atoms with E-state index in [2.05, 4.69) is 10.6 Å². The highest BCUT2D eigenvalue weighted by molar-refractivity contribution is 6.08.